The van der Waals surface area contributed by atoms with E-state index in [-0.39, 0.29) is 0 Å². The zero-order valence-corrected chi connectivity index (χ0v) is 10.3. The topological polar surface area (TPSA) is 60.5 Å². The predicted octanol–water partition coefficient (Wildman–Crippen LogP) is 1.96. The van der Waals surface area contributed by atoms with Gasteiger partial charge < -0.3 is 10.5 Å². The summed E-state index contributed by atoms with van der Waals surface area (Å²) in [5, 5.41) is 0.744. The van der Waals surface area contributed by atoms with Gasteiger partial charge in [0.1, 0.15) is 5.82 Å². The molecular weight excluding hydrogens is 241 g/mol. The van der Waals surface area contributed by atoms with Gasteiger partial charge in [0.05, 0.1) is 18.4 Å². The number of halogens is 1. The molecule has 2 N–H and O–H groups in total. The van der Waals surface area contributed by atoms with Gasteiger partial charge in [-0.2, -0.15) is 0 Å². The second-order valence-corrected chi connectivity index (χ2v) is 4.11. The van der Waals surface area contributed by atoms with E-state index in [1.54, 1.807) is 0 Å². The lowest BCUT2D eigenvalue weighted by molar-refractivity contribution is 0.391. The first kappa shape index (κ1) is 13.7. The zero-order chi connectivity index (χ0) is 12.7. The van der Waals surface area contributed by atoms with Crippen molar-refractivity contribution in [2.45, 2.75) is 6.42 Å². The summed E-state index contributed by atoms with van der Waals surface area (Å²) in [5.74, 6) is 0.384. The Bertz CT molecular complexity index is 423. The van der Waals surface area contributed by atoms with Gasteiger partial charge >= 0.3 is 0 Å². The van der Waals surface area contributed by atoms with Crippen LogP contribution in [0.15, 0.2) is 30.0 Å². The summed E-state index contributed by atoms with van der Waals surface area (Å²) in [6.45, 7) is 3.52. The Labute approximate surface area is 104 Å². The van der Waals surface area contributed by atoms with Crippen LogP contribution >= 0.6 is 11.8 Å². The van der Waals surface area contributed by atoms with E-state index in [0.717, 1.165) is 11.2 Å². The van der Waals surface area contributed by atoms with Gasteiger partial charge in [-0.05, 0) is 6.07 Å². The van der Waals surface area contributed by atoms with E-state index in [1.165, 1.54) is 31.1 Å². The van der Waals surface area contributed by atoms with Crippen LogP contribution in [0, 0.1) is 5.82 Å². The van der Waals surface area contributed by atoms with Crippen LogP contribution in [0.3, 0.4) is 0 Å². The molecule has 0 aromatic carbocycles. The third kappa shape index (κ3) is 4.16. The van der Waals surface area contributed by atoms with Gasteiger partial charge in [-0.25, -0.2) is 9.37 Å². The quantitative estimate of drug-likeness (QED) is 0.496. The number of pyridine rings is 1. The number of nitrogens with zero attached hydrogens (tertiary/aromatic N) is 2. The van der Waals surface area contributed by atoms with Crippen molar-refractivity contribution in [2.24, 2.45) is 10.7 Å². The lowest BCUT2D eigenvalue weighted by Gasteiger charge is -2.08. The van der Waals surface area contributed by atoms with Gasteiger partial charge in [0.25, 0.3) is 0 Å². The molecule has 0 saturated carbocycles. The number of hydrogen-bond donors (Lipinski definition) is 1. The molecule has 0 fully saturated rings. The third-order valence-electron chi connectivity index (χ3n) is 1.91. The van der Waals surface area contributed by atoms with Gasteiger partial charge in [-0.15, -0.1) is 0 Å². The lowest BCUT2D eigenvalue weighted by atomic mass is 10.2. The maximum absolute atomic E-state index is 13.1. The summed E-state index contributed by atoms with van der Waals surface area (Å²) in [4.78, 5) is 7.92. The lowest BCUT2D eigenvalue weighted by Crippen LogP contribution is -2.06. The Hall–Kier alpha value is -1.40. The monoisotopic (exact) mass is 255 g/mol. The number of aliphatic imine (C=N–C) groups is 1. The van der Waals surface area contributed by atoms with E-state index in [9.17, 15) is 4.39 Å². The Morgan fingerprint density at radius 2 is 2.53 bits per heavy atom. The molecule has 0 spiro atoms. The molecule has 0 aliphatic heterocycles. The van der Waals surface area contributed by atoms with E-state index in [2.05, 4.69) is 16.6 Å². The highest BCUT2D eigenvalue weighted by atomic mass is 32.2. The molecule has 1 aromatic heterocycles. The predicted molar refractivity (Wildman–Crippen MR) is 68.7 cm³/mol. The van der Waals surface area contributed by atoms with E-state index >= 15 is 0 Å². The van der Waals surface area contributed by atoms with Gasteiger partial charge in [-0.3, -0.25) is 4.99 Å². The maximum atomic E-state index is 13.1. The Morgan fingerprint density at radius 1 is 1.76 bits per heavy atom. The van der Waals surface area contributed by atoms with Crippen molar-refractivity contribution in [3.05, 3.63) is 36.4 Å². The molecule has 0 amide bonds. The third-order valence-corrected chi connectivity index (χ3v) is 2.66. The van der Waals surface area contributed by atoms with Gasteiger partial charge in [0.2, 0.25) is 5.88 Å². The Morgan fingerprint density at radius 3 is 3.12 bits per heavy atom. The van der Waals surface area contributed by atoms with E-state index < -0.39 is 5.82 Å². The molecule has 1 heterocycles. The maximum Gasteiger partial charge on any atom is 0.216 e. The van der Waals surface area contributed by atoms with Crippen molar-refractivity contribution in [1.82, 2.24) is 4.98 Å². The van der Waals surface area contributed by atoms with E-state index in [4.69, 9.17) is 10.5 Å². The number of ether oxygens (including phenoxy) is 1. The molecule has 4 nitrogen and oxygen atoms in total. The van der Waals surface area contributed by atoms with Crippen LogP contribution in [-0.4, -0.2) is 23.0 Å². The van der Waals surface area contributed by atoms with Crippen molar-refractivity contribution in [1.29, 1.82) is 0 Å². The van der Waals surface area contributed by atoms with Crippen molar-refractivity contribution >= 4 is 16.8 Å². The minimum Gasteiger partial charge on any atom is -0.481 e. The first-order valence-electron chi connectivity index (χ1n) is 4.90. The standard InChI is InChI=1S/C11H14FN3OS/c1-3-14-10(17-7-13)5-8-4-9(12)6-15-11(8)16-2/h3-4,6H,1,5,7,13H2,2H3/b14-10-. The Balaban J connectivity index is 2.95. The summed E-state index contributed by atoms with van der Waals surface area (Å²) in [6, 6.07) is 1.38. The second-order valence-electron chi connectivity index (χ2n) is 3.02. The number of nitrogens with two attached hydrogens (primary N) is 1. The fourth-order valence-electron chi connectivity index (χ4n) is 1.27. The summed E-state index contributed by atoms with van der Waals surface area (Å²) >= 11 is 1.37. The molecule has 1 aromatic rings. The number of methoxy groups -OCH3 is 1. The van der Waals surface area contributed by atoms with Crippen LogP contribution in [0.1, 0.15) is 5.56 Å². The summed E-state index contributed by atoms with van der Waals surface area (Å²) < 4.78 is 18.2. The highest BCUT2D eigenvalue weighted by Gasteiger charge is 2.09. The number of rotatable bonds is 5. The van der Waals surface area contributed by atoms with Crippen LogP contribution in [0.2, 0.25) is 0 Å². The number of thioether (sulfide) groups is 1. The minimum absolute atomic E-state index is 0.390. The highest BCUT2D eigenvalue weighted by molar-refractivity contribution is 8.13. The zero-order valence-electron chi connectivity index (χ0n) is 9.52. The van der Waals surface area contributed by atoms with Crippen LogP contribution in [0.5, 0.6) is 5.88 Å². The SMILES string of the molecule is C=C/N=C(/Cc1cc(F)cnc1OC)SCN. The fraction of sp³-hybridized carbons (Fsp3) is 0.273. The second kappa shape index (κ2) is 7.03. The van der Waals surface area contributed by atoms with Gasteiger partial charge in [-0.1, -0.05) is 18.3 Å². The molecule has 0 radical (unpaired) electrons. The summed E-state index contributed by atoms with van der Waals surface area (Å²) in [5.41, 5.74) is 6.07. The van der Waals surface area contributed by atoms with Gasteiger partial charge in [0.15, 0.2) is 0 Å². The van der Waals surface area contributed by atoms with Crippen molar-refractivity contribution in [3.63, 3.8) is 0 Å². The first-order valence-corrected chi connectivity index (χ1v) is 5.88. The molecule has 0 atom stereocenters. The Kier molecular flexibility index (Phi) is 5.65. The number of aromatic nitrogens is 1. The molecular formula is C11H14FN3OS. The van der Waals surface area contributed by atoms with E-state index in [1.807, 2.05) is 0 Å². The molecule has 17 heavy (non-hydrogen) atoms. The van der Waals surface area contributed by atoms with Crippen molar-refractivity contribution in [2.75, 3.05) is 13.0 Å². The normalized spacial score (nSPS) is 11.4. The van der Waals surface area contributed by atoms with Crippen molar-refractivity contribution in [3.8, 4) is 5.88 Å². The summed E-state index contributed by atoms with van der Waals surface area (Å²) in [6.07, 6.45) is 2.96. The molecule has 0 unspecified atom stereocenters. The largest absolute Gasteiger partial charge is 0.481 e. The van der Waals surface area contributed by atoms with E-state index in [0.29, 0.717) is 23.7 Å². The fourth-order valence-corrected chi connectivity index (χ4v) is 1.87. The molecule has 0 aliphatic rings. The van der Waals surface area contributed by atoms with Crippen LogP contribution in [0.25, 0.3) is 0 Å². The molecule has 0 aliphatic carbocycles. The molecule has 6 heteroatoms. The number of hydrogen-bond acceptors (Lipinski definition) is 5. The highest BCUT2D eigenvalue weighted by Crippen LogP contribution is 2.19. The van der Waals surface area contributed by atoms with Crippen LogP contribution in [0.4, 0.5) is 4.39 Å². The first-order chi connectivity index (χ1) is 8.21. The average Bonchev–Trinajstić information content (AvgIpc) is 2.30. The molecule has 0 saturated heterocycles. The smallest absolute Gasteiger partial charge is 0.216 e. The molecule has 0 bridgehead atoms. The van der Waals surface area contributed by atoms with Crippen LogP contribution < -0.4 is 10.5 Å². The average molecular weight is 255 g/mol. The van der Waals surface area contributed by atoms with Gasteiger partial charge in [0, 0.05) is 24.1 Å². The van der Waals surface area contributed by atoms with Crippen molar-refractivity contribution < 1.29 is 9.13 Å². The van der Waals surface area contributed by atoms with Crippen LogP contribution in [-0.2, 0) is 6.42 Å². The minimum atomic E-state index is -0.406. The molecule has 92 valence electrons. The molecule has 1 rings (SSSR count). The summed E-state index contributed by atoms with van der Waals surface area (Å²) in [7, 11) is 1.49.